The fourth-order valence-corrected chi connectivity index (χ4v) is 2.44. The number of hydrogen-bond acceptors (Lipinski definition) is 5. The topological polar surface area (TPSA) is 122 Å². The first kappa shape index (κ1) is 16.5. The first-order valence-corrected chi connectivity index (χ1v) is 7.37. The molecule has 0 radical (unpaired) electrons. The lowest BCUT2D eigenvalue weighted by Crippen LogP contribution is -2.25. The fraction of sp³-hybridized carbons (Fsp3) is 0. The molecule has 0 saturated heterocycles. The van der Waals surface area contributed by atoms with Crippen LogP contribution in [0.5, 0.6) is 0 Å². The zero-order valence-electron chi connectivity index (χ0n) is 12.5. The molecule has 25 heavy (non-hydrogen) atoms. The molecule has 2 N–H and O–H groups in total. The highest BCUT2D eigenvalue weighted by molar-refractivity contribution is 6.33. The summed E-state index contributed by atoms with van der Waals surface area (Å²) >= 11 is 6.10. The van der Waals surface area contributed by atoms with Crippen molar-refractivity contribution in [1.82, 2.24) is 9.97 Å². The van der Waals surface area contributed by atoms with Gasteiger partial charge in [-0.3, -0.25) is 19.9 Å². The van der Waals surface area contributed by atoms with E-state index in [1.165, 1.54) is 12.2 Å². The molecule has 3 rings (SSSR count). The normalized spacial score (nSPS) is 11.1. The van der Waals surface area contributed by atoms with Crippen LogP contribution in [0, 0.1) is 10.1 Å². The monoisotopic (exact) mass is 359 g/mol. The molecule has 1 aromatic carbocycles. The van der Waals surface area contributed by atoms with Crippen molar-refractivity contribution in [1.29, 1.82) is 0 Å². The Labute approximate surface area is 144 Å². The van der Waals surface area contributed by atoms with Crippen LogP contribution in [0.25, 0.3) is 23.5 Å². The van der Waals surface area contributed by atoms with Crippen molar-refractivity contribution in [3.8, 4) is 11.3 Å². The smallest absolute Gasteiger partial charge is 0.357 e. The third kappa shape index (κ3) is 3.43. The Morgan fingerprint density at radius 2 is 1.84 bits per heavy atom. The molecule has 3 aromatic rings. The predicted molar refractivity (Wildman–Crippen MR) is 92.4 cm³/mol. The first-order chi connectivity index (χ1) is 12.0. The van der Waals surface area contributed by atoms with Crippen molar-refractivity contribution in [2.24, 2.45) is 0 Å². The highest BCUT2D eigenvalue weighted by Crippen LogP contribution is 2.29. The standard InChI is InChI=1S/C16H10ClN3O5/c17-11-4-2-1-3-10(11)13-8-6-9(25-13)5-7-12-14(20(23)24)15(21)19-16(22)18-12/h1-8H,(H2,18,19,21,22)/b7-5+. The van der Waals surface area contributed by atoms with Gasteiger partial charge in [0.1, 0.15) is 17.2 Å². The van der Waals surface area contributed by atoms with Crippen LogP contribution in [0.4, 0.5) is 5.69 Å². The zero-order chi connectivity index (χ0) is 18.0. The maximum Gasteiger partial charge on any atom is 0.357 e. The highest BCUT2D eigenvalue weighted by Gasteiger charge is 2.18. The Morgan fingerprint density at radius 1 is 1.08 bits per heavy atom. The molecule has 0 fully saturated rings. The largest absolute Gasteiger partial charge is 0.457 e. The number of furan rings is 1. The molecule has 0 amide bonds. The van der Waals surface area contributed by atoms with E-state index in [1.807, 2.05) is 11.1 Å². The van der Waals surface area contributed by atoms with Gasteiger partial charge in [-0.05, 0) is 36.4 Å². The van der Waals surface area contributed by atoms with Crippen molar-refractivity contribution in [3.05, 3.63) is 83.8 Å². The second kappa shape index (κ2) is 6.62. The fourth-order valence-electron chi connectivity index (χ4n) is 2.21. The summed E-state index contributed by atoms with van der Waals surface area (Å²) < 4.78 is 5.61. The van der Waals surface area contributed by atoms with Gasteiger partial charge in [-0.1, -0.05) is 23.7 Å². The van der Waals surface area contributed by atoms with Crippen molar-refractivity contribution < 1.29 is 9.34 Å². The number of hydrogen-bond donors (Lipinski definition) is 2. The summed E-state index contributed by atoms with van der Waals surface area (Å²) in [6.07, 6.45) is 2.63. The Hall–Kier alpha value is -3.39. The third-order valence-corrected chi connectivity index (χ3v) is 3.64. The minimum Gasteiger partial charge on any atom is -0.457 e. The molecule has 2 aromatic heterocycles. The number of nitrogens with zero attached hydrogens (tertiary/aromatic N) is 1. The van der Waals surface area contributed by atoms with E-state index in [0.717, 1.165) is 0 Å². The average Bonchev–Trinajstić information content (AvgIpc) is 3.01. The van der Waals surface area contributed by atoms with Crippen molar-refractivity contribution in [2.45, 2.75) is 0 Å². The van der Waals surface area contributed by atoms with Gasteiger partial charge in [0.15, 0.2) is 0 Å². The predicted octanol–water partition coefficient (Wildman–Crippen LogP) is 3.06. The molecular weight excluding hydrogens is 350 g/mol. The van der Waals surface area contributed by atoms with E-state index in [-0.39, 0.29) is 5.69 Å². The van der Waals surface area contributed by atoms with Crippen molar-refractivity contribution in [3.63, 3.8) is 0 Å². The molecule has 0 aliphatic heterocycles. The molecule has 9 heteroatoms. The summed E-state index contributed by atoms with van der Waals surface area (Å²) in [5.41, 5.74) is -2.21. The maximum absolute atomic E-state index is 11.6. The average molecular weight is 360 g/mol. The van der Waals surface area contributed by atoms with Gasteiger partial charge >= 0.3 is 16.9 Å². The van der Waals surface area contributed by atoms with E-state index in [1.54, 1.807) is 30.3 Å². The van der Waals surface area contributed by atoms with Gasteiger partial charge < -0.3 is 9.40 Å². The summed E-state index contributed by atoms with van der Waals surface area (Å²) in [5.74, 6) is 0.879. The van der Waals surface area contributed by atoms with Crippen LogP contribution in [-0.2, 0) is 0 Å². The van der Waals surface area contributed by atoms with Crippen molar-refractivity contribution >= 4 is 29.4 Å². The van der Waals surface area contributed by atoms with Gasteiger partial charge in [0.25, 0.3) is 0 Å². The lowest BCUT2D eigenvalue weighted by atomic mass is 10.2. The minimum absolute atomic E-state index is 0.227. The third-order valence-electron chi connectivity index (χ3n) is 3.31. The highest BCUT2D eigenvalue weighted by atomic mass is 35.5. The molecule has 8 nitrogen and oxygen atoms in total. The van der Waals surface area contributed by atoms with Crippen LogP contribution in [0.15, 0.2) is 50.4 Å². The summed E-state index contributed by atoms with van der Waals surface area (Å²) in [5, 5.41) is 11.5. The summed E-state index contributed by atoms with van der Waals surface area (Å²) in [4.78, 5) is 37.0. The maximum atomic E-state index is 11.6. The molecule has 0 bridgehead atoms. The van der Waals surface area contributed by atoms with Gasteiger partial charge in [-0.25, -0.2) is 4.79 Å². The summed E-state index contributed by atoms with van der Waals surface area (Å²) in [6.45, 7) is 0. The van der Waals surface area contributed by atoms with E-state index < -0.39 is 21.9 Å². The van der Waals surface area contributed by atoms with Crippen molar-refractivity contribution in [2.75, 3.05) is 0 Å². The quantitative estimate of drug-likeness (QED) is 0.547. The van der Waals surface area contributed by atoms with Crippen LogP contribution in [-0.4, -0.2) is 14.9 Å². The number of aromatic nitrogens is 2. The van der Waals surface area contributed by atoms with E-state index in [0.29, 0.717) is 22.1 Å². The number of halogens is 1. The van der Waals surface area contributed by atoms with E-state index in [2.05, 4.69) is 4.98 Å². The van der Waals surface area contributed by atoms with Crippen LogP contribution < -0.4 is 11.2 Å². The molecule has 0 aliphatic rings. The lowest BCUT2D eigenvalue weighted by Gasteiger charge is -1.99. The van der Waals surface area contributed by atoms with Gasteiger partial charge in [-0.2, -0.15) is 0 Å². The number of rotatable bonds is 4. The molecule has 0 unspecified atom stereocenters. The molecule has 0 atom stereocenters. The number of benzene rings is 1. The first-order valence-electron chi connectivity index (χ1n) is 6.99. The van der Waals surface area contributed by atoms with Crippen LogP contribution >= 0.6 is 11.6 Å². The molecular formula is C16H10ClN3O5. The Morgan fingerprint density at radius 3 is 2.56 bits per heavy atom. The molecule has 126 valence electrons. The molecule has 0 aliphatic carbocycles. The SMILES string of the molecule is O=c1[nH]c(/C=C/c2ccc(-c3ccccc3Cl)o2)c([N+](=O)[O-])c(=O)[nH]1. The van der Waals surface area contributed by atoms with Gasteiger partial charge in [0.2, 0.25) is 0 Å². The second-order valence-corrected chi connectivity index (χ2v) is 5.35. The Kier molecular flexibility index (Phi) is 4.36. The Bertz CT molecular complexity index is 1090. The van der Waals surface area contributed by atoms with E-state index >= 15 is 0 Å². The number of H-pyrrole nitrogens is 2. The van der Waals surface area contributed by atoms with E-state index in [4.69, 9.17) is 16.0 Å². The minimum atomic E-state index is -1.08. The van der Waals surface area contributed by atoms with Gasteiger partial charge in [-0.15, -0.1) is 0 Å². The van der Waals surface area contributed by atoms with E-state index in [9.17, 15) is 19.7 Å². The zero-order valence-corrected chi connectivity index (χ0v) is 13.2. The molecule has 0 saturated carbocycles. The summed E-state index contributed by atoms with van der Waals surface area (Å²) in [6, 6.07) is 10.4. The van der Waals surface area contributed by atoms with Crippen LogP contribution in [0.1, 0.15) is 11.5 Å². The summed E-state index contributed by atoms with van der Waals surface area (Å²) in [7, 11) is 0. The number of aromatic amines is 2. The van der Waals surface area contributed by atoms with Gasteiger partial charge in [0.05, 0.1) is 9.95 Å². The lowest BCUT2D eigenvalue weighted by molar-refractivity contribution is -0.386. The van der Waals surface area contributed by atoms with Gasteiger partial charge in [0, 0.05) is 5.56 Å². The number of nitrogens with one attached hydrogen (secondary N) is 2. The Balaban J connectivity index is 1.97. The number of nitro groups is 1. The molecule has 2 heterocycles. The second-order valence-electron chi connectivity index (χ2n) is 4.94. The molecule has 0 spiro atoms. The van der Waals surface area contributed by atoms with Crippen LogP contribution in [0.2, 0.25) is 5.02 Å². The van der Waals surface area contributed by atoms with Crippen LogP contribution in [0.3, 0.4) is 0 Å².